The molecule has 0 fully saturated rings. The highest BCUT2D eigenvalue weighted by Gasteiger charge is 2.17. The molecule has 168 valence electrons. The first-order valence-corrected chi connectivity index (χ1v) is 10.1. The maximum atomic E-state index is 12.8. The fourth-order valence-electron chi connectivity index (χ4n) is 3.33. The SMILES string of the molecule is COc1cccc(Oc2nccn3c(=O)n(CC(=O)Nc4ccc5c(c4)OCCO5)nc23)c1. The van der Waals surface area contributed by atoms with Gasteiger partial charge in [0.1, 0.15) is 31.3 Å². The molecule has 4 aromatic rings. The molecule has 1 aliphatic rings. The van der Waals surface area contributed by atoms with Crippen LogP contribution in [0.3, 0.4) is 0 Å². The van der Waals surface area contributed by atoms with Crippen molar-refractivity contribution in [3.8, 4) is 28.9 Å². The number of nitrogens with zero attached hydrogens (tertiary/aromatic N) is 4. The zero-order chi connectivity index (χ0) is 22.8. The average Bonchev–Trinajstić information content (AvgIpc) is 3.15. The first-order valence-electron chi connectivity index (χ1n) is 10.1. The lowest BCUT2D eigenvalue weighted by atomic mass is 10.2. The Kier molecular flexibility index (Phi) is 5.27. The van der Waals surface area contributed by atoms with E-state index in [9.17, 15) is 9.59 Å². The molecular formula is C22H19N5O6. The fraction of sp³-hybridized carbons (Fsp3) is 0.182. The number of fused-ring (bicyclic) bond motifs is 2. The number of methoxy groups -OCH3 is 1. The van der Waals surface area contributed by atoms with E-state index < -0.39 is 11.6 Å². The summed E-state index contributed by atoms with van der Waals surface area (Å²) in [5, 5.41) is 6.98. The van der Waals surface area contributed by atoms with Crippen LogP contribution in [0.4, 0.5) is 5.69 Å². The van der Waals surface area contributed by atoms with Crippen molar-refractivity contribution in [1.29, 1.82) is 0 Å². The van der Waals surface area contributed by atoms with E-state index in [4.69, 9.17) is 18.9 Å². The lowest BCUT2D eigenvalue weighted by molar-refractivity contribution is -0.117. The van der Waals surface area contributed by atoms with Gasteiger partial charge in [-0.2, -0.15) is 0 Å². The van der Waals surface area contributed by atoms with Crippen molar-refractivity contribution in [1.82, 2.24) is 19.2 Å². The predicted molar refractivity (Wildman–Crippen MR) is 116 cm³/mol. The summed E-state index contributed by atoms with van der Waals surface area (Å²) in [4.78, 5) is 29.5. The molecule has 0 saturated heterocycles. The van der Waals surface area contributed by atoms with Crippen LogP contribution < -0.4 is 30.0 Å². The molecule has 1 amide bonds. The van der Waals surface area contributed by atoms with Crippen molar-refractivity contribution in [2.75, 3.05) is 25.6 Å². The number of benzene rings is 2. The van der Waals surface area contributed by atoms with Crippen molar-refractivity contribution >= 4 is 17.2 Å². The van der Waals surface area contributed by atoms with Crippen molar-refractivity contribution < 1.29 is 23.7 Å². The maximum absolute atomic E-state index is 12.8. The zero-order valence-corrected chi connectivity index (χ0v) is 17.6. The Morgan fingerprint density at radius 2 is 1.94 bits per heavy atom. The van der Waals surface area contributed by atoms with E-state index in [0.29, 0.717) is 41.9 Å². The number of hydrogen-bond donors (Lipinski definition) is 1. The molecule has 2 aromatic carbocycles. The molecule has 33 heavy (non-hydrogen) atoms. The van der Waals surface area contributed by atoms with E-state index in [1.54, 1.807) is 49.6 Å². The van der Waals surface area contributed by atoms with Gasteiger partial charge in [0, 0.05) is 30.2 Å². The van der Waals surface area contributed by atoms with Crippen molar-refractivity contribution in [2.45, 2.75) is 6.54 Å². The fourth-order valence-corrected chi connectivity index (χ4v) is 3.33. The lowest BCUT2D eigenvalue weighted by Crippen LogP contribution is -2.28. The van der Waals surface area contributed by atoms with Crippen LogP contribution in [0.2, 0.25) is 0 Å². The second-order valence-electron chi connectivity index (χ2n) is 7.05. The van der Waals surface area contributed by atoms with Crippen LogP contribution in [-0.4, -0.2) is 45.4 Å². The van der Waals surface area contributed by atoms with E-state index in [2.05, 4.69) is 15.4 Å². The van der Waals surface area contributed by atoms with Gasteiger partial charge in [-0.3, -0.25) is 4.79 Å². The minimum atomic E-state index is -0.500. The lowest BCUT2D eigenvalue weighted by Gasteiger charge is -2.18. The normalized spacial score (nSPS) is 12.4. The molecule has 5 rings (SSSR count). The standard InChI is InChI=1S/C22H19N5O6/c1-30-15-3-2-4-16(12-15)33-21-20-25-27(22(29)26(20)8-7-23-21)13-19(28)24-14-5-6-17-18(11-14)32-10-9-31-17/h2-8,11-12H,9-10,13H2,1H3,(H,24,28). The average molecular weight is 449 g/mol. The van der Waals surface area contributed by atoms with Gasteiger partial charge in [0.25, 0.3) is 5.88 Å². The van der Waals surface area contributed by atoms with Gasteiger partial charge >= 0.3 is 5.69 Å². The molecule has 1 N–H and O–H groups in total. The number of ether oxygens (including phenoxy) is 4. The molecule has 11 heteroatoms. The smallest absolute Gasteiger partial charge is 0.351 e. The number of anilines is 1. The van der Waals surface area contributed by atoms with Gasteiger partial charge in [-0.25, -0.2) is 18.9 Å². The highest BCUT2D eigenvalue weighted by Crippen LogP contribution is 2.32. The third kappa shape index (κ3) is 4.15. The van der Waals surface area contributed by atoms with E-state index >= 15 is 0 Å². The number of carbonyl (C=O) groups excluding carboxylic acids is 1. The molecule has 0 bridgehead atoms. The van der Waals surface area contributed by atoms with Crippen molar-refractivity contribution in [3.05, 3.63) is 65.3 Å². The summed E-state index contributed by atoms with van der Waals surface area (Å²) in [7, 11) is 1.55. The van der Waals surface area contributed by atoms with Gasteiger partial charge in [-0.15, -0.1) is 5.10 Å². The molecule has 2 aromatic heterocycles. The van der Waals surface area contributed by atoms with Gasteiger partial charge in [0.15, 0.2) is 11.5 Å². The Morgan fingerprint density at radius 3 is 2.79 bits per heavy atom. The van der Waals surface area contributed by atoms with E-state index in [1.807, 2.05) is 0 Å². The first-order chi connectivity index (χ1) is 16.1. The highest BCUT2D eigenvalue weighted by atomic mass is 16.6. The van der Waals surface area contributed by atoms with Gasteiger partial charge in [-0.1, -0.05) is 6.07 Å². The van der Waals surface area contributed by atoms with Gasteiger partial charge in [0.2, 0.25) is 11.6 Å². The largest absolute Gasteiger partial charge is 0.497 e. The molecule has 0 saturated carbocycles. The van der Waals surface area contributed by atoms with E-state index in [-0.39, 0.29) is 18.1 Å². The third-order valence-electron chi connectivity index (χ3n) is 4.84. The number of carbonyl (C=O) groups is 1. The minimum absolute atomic E-state index is 0.119. The van der Waals surface area contributed by atoms with Crippen LogP contribution in [0.15, 0.2) is 59.7 Å². The highest BCUT2D eigenvalue weighted by molar-refractivity contribution is 5.90. The maximum Gasteiger partial charge on any atom is 0.351 e. The summed E-state index contributed by atoms with van der Waals surface area (Å²) < 4.78 is 24.3. The molecule has 3 heterocycles. The number of amides is 1. The summed E-state index contributed by atoms with van der Waals surface area (Å²) in [6, 6.07) is 12.0. The second-order valence-corrected chi connectivity index (χ2v) is 7.05. The Morgan fingerprint density at radius 1 is 1.12 bits per heavy atom. The van der Waals surface area contributed by atoms with Crippen LogP contribution in [0, 0.1) is 0 Å². The Hall–Kier alpha value is -4.54. The molecule has 0 unspecified atom stereocenters. The van der Waals surface area contributed by atoms with Gasteiger partial charge < -0.3 is 24.3 Å². The van der Waals surface area contributed by atoms with Gasteiger partial charge in [0.05, 0.1) is 7.11 Å². The molecule has 0 aliphatic carbocycles. The molecule has 1 aliphatic heterocycles. The predicted octanol–water partition coefficient (Wildman–Crippen LogP) is 2.10. The number of aromatic nitrogens is 4. The first kappa shape index (κ1) is 20.4. The van der Waals surface area contributed by atoms with E-state index in [0.717, 1.165) is 4.68 Å². The number of hydrogen-bond acceptors (Lipinski definition) is 8. The summed E-state index contributed by atoms with van der Waals surface area (Å²) in [5.41, 5.74) is 0.197. The monoisotopic (exact) mass is 449 g/mol. The molecule has 0 spiro atoms. The molecule has 11 nitrogen and oxygen atoms in total. The molecule has 0 radical (unpaired) electrons. The molecular weight excluding hydrogens is 430 g/mol. The quantitative estimate of drug-likeness (QED) is 0.476. The summed E-state index contributed by atoms with van der Waals surface area (Å²) >= 11 is 0. The Balaban J connectivity index is 1.36. The van der Waals surface area contributed by atoms with Crippen LogP contribution in [0.5, 0.6) is 28.9 Å². The summed E-state index contributed by atoms with van der Waals surface area (Å²) in [6.45, 7) is 0.622. The number of rotatable bonds is 6. The van der Waals surface area contributed by atoms with Crippen molar-refractivity contribution in [3.63, 3.8) is 0 Å². The van der Waals surface area contributed by atoms with Crippen LogP contribution in [0.1, 0.15) is 0 Å². The third-order valence-corrected chi connectivity index (χ3v) is 4.84. The molecule has 0 atom stereocenters. The topological polar surface area (TPSA) is 118 Å². The summed E-state index contributed by atoms with van der Waals surface area (Å²) in [5.74, 6) is 1.93. The van der Waals surface area contributed by atoms with Crippen LogP contribution in [0.25, 0.3) is 5.65 Å². The minimum Gasteiger partial charge on any atom is -0.497 e. The van der Waals surface area contributed by atoms with E-state index in [1.165, 1.54) is 16.8 Å². The van der Waals surface area contributed by atoms with Crippen molar-refractivity contribution in [2.24, 2.45) is 0 Å². The second kappa shape index (κ2) is 8.54. The Bertz CT molecular complexity index is 1400. The van der Waals surface area contributed by atoms with Crippen LogP contribution in [-0.2, 0) is 11.3 Å². The number of nitrogens with one attached hydrogen (secondary N) is 1. The Labute approximate surface area is 187 Å². The van der Waals surface area contributed by atoms with Gasteiger partial charge in [-0.05, 0) is 24.3 Å². The summed E-state index contributed by atoms with van der Waals surface area (Å²) in [6.07, 6.45) is 2.88. The van der Waals surface area contributed by atoms with Crippen LogP contribution >= 0.6 is 0 Å². The zero-order valence-electron chi connectivity index (χ0n) is 17.6.